The Morgan fingerprint density at radius 1 is 1.42 bits per heavy atom. The van der Waals surface area contributed by atoms with E-state index >= 15 is 0 Å². The Bertz CT molecular complexity index is 173. The van der Waals surface area contributed by atoms with Gasteiger partial charge in [0.25, 0.3) is 0 Å². The van der Waals surface area contributed by atoms with Crippen LogP contribution in [0.5, 0.6) is 0 Å². The molecule has 0 aromatic rings. The normalized spacial score (nSPS) is 17.6. The first-order valence-corrected chi connectivity index (χ1v) is 4.43. The second-order valence-electron chi connectivity index (χ2n) is 3.00. The fourth-order valence-corrected chi connectivity index (χ4v) is 1.27. The van der Waals surface area contributed by atoms with Gasteiger partial charge in [-0.2, -0.15) is 0 Å². The maximum atomic E-state index is 11.1. The van der Waals surface area contributed by atoms with Crippen molar-refractivity contribution in [3.8, 4) is 0 Å². The number of unbranched alkanes of at least 4 members (excludes halogenated alkanes) is 2. The van der Waals surface area contributed by atoms with Crippen LogP contribution in [0.2, 0.25) is 0 Å². The highest BCUT2D eigenvalue weighted by Crippen LogP contribution is 2.11. The van der Waals surface area contributed by atoms with Crippen molar-refractivity contribution in [2.24, 2.45) is 0 Å². The zero-order valence-electron chi connectivity index (χ0n) is 7.38. The summed E-state index contributed by atoms with van der Waals surface area (Å²) in [5.41, 5.74) is 0. The molecule has 3 nitrogen and oxygen atoms in total. The number of likely N-dealkylation sites (tertiary alicyclic amines) is 1. The number of carbonyl (C=O) groups excluding carboxylic acids is 2. The molecule has 1 aliphatic heterocycles. The molecule has 0 aromatic heterocycles. The summed E-state index contributed by atoms with van der Waals surface area (Å²) in [7, 11) is 0. The SMILES string of the molecule is CCCCCN1C(=O)[CH]CC1=O. The van der Waals surface area contributed by atoms with Crippen LogP contribution in [0.3, 0.4) is 0 Å². The number of carbonyl (C=O) groups is 2. The van der Waals surface area contributed by atoms with E-state index in [1.165, 1.54) is 11.3 Å². The lowest BCUT2D eigenvalue weighted by Gasteiger charge is -2.12. The summed E-state index contributed by atoms with van der Waals surface area (Å²) in [5.74, 6) is -0.160. The van der Waals surface area contributed by atoms with Crippen LogP contribution in [-0.2, 0) is 9.59 Å². The molecule has 0 bridgehead atoms. The van der Waals surface area contributed by atoms with E-state index in [9.17, 15) is 9.59 Å². The van der Waals surface area contributed by atoms with Gasteiger partial charge in [-0.05, 0) is 6.42 Å². The van der Waals surface area contributed by atoms with Gasteiger partial charge in [0.05, 0.1) is 6.42 Å². The quantitative estimate of drug-likeness (QED) is 0.466. The number of amides is 2. The van der Waals surface area contributed by atoms with Gasteiger partial charge in [0.2, 0.25) is 11.8 Å². The van der Waals surface area contributed by atoms with Gasteiger partial charge in [0.1, 0.15) is 0 Å². The van der Waals surface area contributed by atoms with Crippen LogP contribution in [-0.4, -0.2) is 23.3 Å². The minimum absolute atomic E-state index is 0.0453. The van der Waals surface area contributed by atoms with E-state index in [0.717, 1.165) is 19.3 Å². The van der Waals surface area contributed by atoms with Crippen LogP contribution >= 0.6 is 0 Å². The number of rotatable bonds is 4. The van der Waals surface area contributed by atoms with Gasteiger partial charge < -0.3 is 0 Å². The highest BCUT2D eigenvalue weighted by atomic mass is 16.2. The van der Waals surface area contributed by atoms with Crippen LogP contribution in [0.25, 0.3) is 0 Å². The van der Waals surface area contributed by atoms with Crippen LogP contribution in [0.15, 0.2) is 0 Å². The van der Waals surface area contributed by atoms with Gasteiger partial charge in [0, 0.05) is 13.0 Å². The Morgan fingerprint density at radius 2 is 2.17 bits per heavy atom. The first kappa shape index (κ1) is 9.23. The predicted molar refractivity (Wildman–Crippen MR) is 45.2 cm³/mol. The molecule has 12 heavy (non-hydrogen) atoms. The molecule has 0 saturated carbocycles. The second-order valence-corrected chi connectivity index (χ2v) is 3.00. The Hall–Kier alpha value is -0.860. The van der Waals surface area contributed by atoms with Crippen molar-refractivity contribution >= 4 is 11.8 Å². The van der Waals surface area contributed by atoms with Crippen molar-refractivity contribution in [3.05, 3.63) is 6.42 Å². The summed E-state index contributed by atoms with van der Waals surface area (Å²) in [6, 6.07) is 0. The lowest BCUT2D eigenvalue weighted by molar-refractivity contribution is -0.137. The molecule has 0 unspecified atom stereocenters. The highest BCUT2D eigenvalue weighted by Gasteiger charge is 2.28. The van der Waals surface area contributed by atoms with E-state index in [1.54, 1.807) is 0 Å². The Balaban J connectivity index is 2.30. The lowest BCUT2D eigenvalue weighted by atomic mass is 10.2. The Labute approximate surface area is 72.7 Å². The van der Waals surface area contributed by atoms with Gasteiger partial charge in [-0.1, -0.05) is 19.8 Å². The molecule has 0 atom stereocenters. The van der Waals surface area contributed by atoms with Crippen molar-refractivity contribution in [1.29, 1.82) is 0 Å². The monoisotopic (exact) mass is 168 g/mol. The van der Waals surface area contributed by atoms with Crippen molar-refractivity contribution in [1.82, 2.24) is 4.90 Å². The van der Waals surface area contributed by atoms with Crippen molar-refractivity contribution < 1.29 is 9.59 Å². The third kappa shape index (κ3) is 2.06. The topological polar surface area (TPSA) is 37.4 Å². The molecule has 1 aliphatic rings. The van der Waals surface area contributed by atoms with E-state index in [2.05, 4.69) is 6.92 Å². The lowest BCUT2D eigenvalue weighted by Crippen LogP contribution is -2.29. The summed E-state index contributed by atoms with van der Waals surface area (Å²) in [6.07, 6.45) is 4.87. The van der Waals surface area contributed by atoms with Crippen LogP contribution in [0, 0.1) is 6.42 Å². The molecular formula is C9H14NO2. The van der Waals surface area contributed by atoms with Gasteiger partial charge in [-0.15, -0.1) is 0 Å². The molecule has 67 valence electrons. The molecule has 1 saturated heterocycles. The van der Waals surface area contributed by atoms with E-state index in [-0.39, 0.29) is 11.8 Å². The van der Waals surface area contributed by atoms with E-state index < -0.39 is 0 Å². The average Bonchev–Trinajstić information content (AvgIpc) is 2.35. The van der Waals surface area contributed by atoms with Gasteiger partial charge >= 0.3 is 0 Å². The maximum Gasteiger partial charge on any atom is 0.233 e. The molecule has 0 aliphatic carbocycles. The Morgan fingerprint density at radius 3 is 2.67 bits per heavy atom. The number of imide groups is 1. The first-order chi connectivity index (χ1) is 5.75. The maximum absolute atomic E-state index is 11.1. The molecule has 0 aromatic carbocycles. The molecule has 2 amide bonds. The second kappa shape index (κ2) is 4.24. The summed E-state index contributed by atoms with van der Waals surface area (Å²) < 4.78 is 0. The zero-order valence-corrected chi connectivity index (χ0v) is 7.38. The van der Waals surface area contributed by atoms with E-state index in [0.29, 0.717) is 13.0 Å². The van der Waals surface area contributed by atoms with Crippen molar-refractivity contribution in [2.75, 3.05) is 6.54 Å². The van der Waals surface area contributed by atoms with Crippen LogP contribution < -0.4 is 0 Å². The fraction of sp³-hybridized carbons (Fsp3) is 0.667. The smallest absolute Gasteiger partial charge is 0.233 e. The number of nitrogens with zero attached hydrogens (tertiary/aromatic N) is 1. The largest absolute Gasteiger partial charge is 0.282 e. The zero-order chi connectivity index (χ0) is 8.97. The number of hydrogen-bond donors (Lipinski definition) is 0. The molecular weight excluding hydrogens is 154 g/mol. The van der Waals surface area contributed by atoms with Crippen molar-refractivity contribution in [3.63, 3.8) is 0 Å². The molecule has 3 heteroatoms. The molecule has 1 rings (SSSR count). The standard InChI is InChI=1S/C9H14NO2/c1-2-3-4-7-10-8(11)5-6-9(10)12/h5H,2-4,6-7H2,1H3. The first-order valence-electron chi connectivity index (χ1n) is 4.43. The summed E-state index contributed by atoms with van der Waals surface area (Å²) in [6.45, 7) is 2.70. The van der Waals surface area contributed by atoms with Crippen LogP contribution in [0.1, 0.15) is 32.6 Å². The summed E-state index contributed by atoms with van der Waals surface area (Å²) >= 11 is 0. The van der Waals surface area contributed by atoms with Crippen molar-refractivity contribution in [2.45, 2.75) is 32.6 Å². The van der Waals surface area contributed by atoms with E-state index in [4.69, 9.17) is 0 Å². The Kier molecular flexibility index (Phi) is 3.26. The molecule has 1 heterocycles. The highest BCUT2D eigenvalue weighted by molar-refractivity contribution is 6.07. The summed E-state index contributed by atoms with van der Waals surface area (Å²) in [4.78, 5) is 23.4. The minimum Gasteiger partial charge on any atom is -0.282 e. The molecule has 1 fully saturated rings. The van der Waals surface area contributed by atoms with E-state index in [1.807, 2.05) is 0 Å². The van der Waals surface area contributed by atoms with Crippen LogP contribution in [0.4, 0.5) is 0 Å². The number of hydrogen-bond acceptors (Lipinski definition) is 2. The average molecular weight is 168 g/mol. The predicted octanol–water partition coefficient (Wildman–Crippen LogP) is 1.14. The molecule has 1 radical (unpaired) electrons. The third-order valence-corrected chi connectivity index (χ3v) is 2.00. The summed E-state index contributed by atoms with van der Waals surface area (Å²) in [5, 5.41) is 0. The third-order valence-electron chi connectivity index (χ3n) is 2.00. The molecule has 0 spiro atoms. The fourth-order valence-electron chi connectivity index (χ4n) is 1.27. The minimum atomic E-state index is -0.115. The van der Waals surface area contributed by atoms with Gasteiger partial charge in [-0.25, -0.2) is 0 Å². The molecule has 0 N–H and O–H groups in total. The van der Waals surface area contributed by atoms with Gasteiger partial charge in [-0.3, -0.25) is 14.5 Å². The van der Waals surface area contributed by atoms with Gasteiger partial charge in [0.15, 0.2) is 0 Å².